The summed E-state index contributed by atoms with van der Waals surface area (Å²) in [5.74, 6) is -8.07. The van der Waals surface area contributed by atoms with Gasteiger partial charge in [0.05, 0.1) is 150 Å². The molecule has 6 aliphatic heterocycles. The molecule has 3 saturated heterocycles. The van der Waals surface area contributed by atoms with Crippen LogP contribution in [0.15, 0.2) is 145 Å². The van der Waals surface area contributed by atoms with Crippen molar-refractivity contribution in [3.05, 3.63) is 253 Å². The van der Waals surface area contributed by atoms with Gasteiger partial charge in [0.15, 0.2) is 17.5 Å². The molecular weight excluding hydrogens is 1890 g/mol. The van der Waals surface area contributed by atoms with Gasteiger partial charge in [-0.1, -0.05) is 121 Å². The monoisotopic (exact) mass is 2000 g/mol. The fourth-order valence-electron chi connectivity index (χ4n) is 22.7. The number of anilines is 5. The van der Waals surface area contributed by atoms with Crippen LogP contribution in [0, 0.1) is 55.7 Å². The molecule has 0 saturated carbocycles. The van der Waals surface area contributed by atoms with Crippen molar-refractivity contribution in [1.29, 1.82) is 0 Å². The Labute approximate surface area is 841 Å². The number of aromatic amines is 3. The molecule has 0 spiro atoms. The zero-order chi connectivity index (χ0) is 105. The highest BCUT2D eigenvalue weighted by atomic mass is 19.2. The van der Waals surface area contributed by atoms with Gasteiger partial charge in [0.1, 0.15) is 59.9 Å². The number of nitrogens with one attached hydrogen (secondary N) is 4. The molecule has 15 heterocycles. The van der Waals surface area contributed by atoms with Crippen LogP contribution in [-0.4, -0.2) is 201 Å². The predicted molar refractivity (Wildman–Crippen MR) is 557 cm³/mol. The first kappa shape index (κ1) is 99.9. The molecule has 21 rings (SSSR count). The predicted octanol–water partition coefficient (Wildman–Crippen LogP) is 18.1. The highest BCUT2D eigenvalue weighted by molar-refractivity contribution is 6.16. The van der Waals surface area contributed by atoms with Crippen LogP contribution in [0.2, 0.25) is 0 Å². The van der Waals surface area contributed by atoms with Gasteiger partial charge in [-0.15, -0.1) is 0 Å². The largest absolute Gasteiger partial charge is 0.364 e. The number of benzene rings is 6. The first-order valence-corrected chi connectivity index (χ1v) is 49.4. The van der Waals surface area contributed by atoms with Crippen molar-refractivity contribution < 1.29 is 50.3 Å². The van der Waals surface area contributed by atoms with Crippen LogP contribution in [-0.2, 0) is 30.4 Å². The van der Waals surface area contributed by atoms with E-state index in [-0.39, 0.29) is 170 Å². The van der Waals surface area contributed by atoms with E-state index in [0.717, 1.165) is 0 Å². The summed E-state index contributed by atoms with van der Waals surface area (Å²) >= 11 is 0. The van der Waals surface area contributed by atoms with Gasteiger partial charge in [-0.05, 0) is 161 Å². The average molecular weight is 2000 g/mol. The Hall–Kier alpha value is -15.9. The van der Waals surface area contributed by atoms with Crippen molar-refractivity contribution in [3.63, 3.8) is 0 Å². The number of fused-ring (bicyclic) bond motifs is 18. The summed E-state index contributed by atoms with van der Waals surface area (Å²) in [5, 5.41) is 25.9. The molecule has 0 aliphatic carbocycles. The summed E-state index contributed by atoms with van der Waals surface area (Å²) in [7, 11) is 1.48. The molecule has 147 heavy (non-hydrogen) atoms. The Bertz CT molecular complexity index is 8260. The maximum Gasteiger partial charge on any atom is 0.281 e. The topological polar surface area (TPSA) is 349 Å². The Morgan fingerprint density at radius 3 is 1.08 bits per heavy atom. The first-order valence-electron chi connectivity index (χ1n) is 49.4. The maximum atomic E-state index is 17.8. The summed E-state index contributed by atoms with van der Waals surface area (Å²) in [6, 6.07) is 11.6. The van der Waals surface area contributed by atoms with Crippen molar-refractivity contribution in [2.24, 2.45) is 0 Å². The zero-order valence-electron chi connectivity index (χ0n) is 85.1. The lowest BCUT2D eigenvalue weighted by atomic mass is 9.89. The quantitative estimate of drug-likeness (QED) is 0.0547. The summed E-state index contributed by atoms with van der Waals surface area (Å²) < 4.78 is 108. The van der Waals surface area contributed by atoms with Crippen molar-refractivity contribution in [2.75, 3.05) is 71.2 Å². The van der Waals surface area contributed by atoms with Crippen molar-refractivity contribution in [1.82, 2.24) is 88.9 Å². The van der Waals surface area contributed by atoms with Gasteiger partial charge in [0, 0.05) is 112 Å². The molecule has 9 aromatic heterocycles. The van der Waals surface area contributed by atoms with E-state index in [9.17, 15) is 28.8 Å². The van der Waals surface area contributed by atoms with Crippen molar-refractivity contribution >= 4 is 123 Å². The summed E-state index contributed by atoms with van der Waals surface area (Å²) in [6.07, 6.45) is 13.6. The first-order chi connectivity index (χ1) is 70.1. The number of hydrogen-bond acceptors (Lipinski definition) is 20. The third kappa shape index (κ3) is 15.9. The van der Waals surface area contributed by atoms with E-state index in [2.05, 4.69) is 90.4 Å². The minimum Gasteiger partial charge on any atom is -0.364 e. The number of aromatic nitrogens is 15. The van der Waals surface area contributed by atoms with Crippen LogP contribution in [0.5, 0.6) is 0 Å². The standard InChI is InChI=1S/C37H38F2N8O3.C37H39F2N7O2.C36H36F2N8O3/c1-9-26(48)45-15-25-36(49)44(8)35-33(46(25)14-20(45)7)21-12-23(38)28(27-19(6)10-11-24-22(27)13-42-43-24)29(39)32(21)47(37(35)50)34-30(17(2)3)40-16-41-31(34)18(4)5;1-8-28(47)44-16-22-10-11-23-34(45(22)15-21(44)7)24-13-26(38)30(29-20(6)9-12-27-25(29)14-42-43-27)31(39)35(24)46(37(23)48)36-32(18(2)3)40-17-41-33(36)19(4)5;1-8-25(47)44-14-24-35(48)42-31-33(45(24)13-19(44)7)20-11-22(37)27(26-18(6)9-10-23-21(26)12-41-43-23)28(38)32(20)46(36(31)49)34-29(16(2)3)39-15-40-30(34)17(4)5/h9-13,16-18,20,25H,1,14-15H2,2-8H3,(H,42,43);8-9,12-14,17-19,21-22H,1,10-11,15-16H2,2-7H3,(H,42,43);8-12,15-17,19,24H,1,13-14H2,2-7H3,(H,41,43)(H,42,48). The second-order valence-corrected chi connectivity index (χ2v) is 40.9. The molecule has 5 amide bonds. The van der Waals surface area contributed by atoms with Gasteiger partial charge in [-0.25, -0.2) is 56.2 Å². The number of carbonyl (C=O) groups is 5. The minimum absolute atomic E-state index is 0.00542. The number of H-pyrrole nitrogens is 3. The van der Waals surface area contributed by atoms with E-state index in [1.54, 1.807) is 76.9 Å². The number of rotatable bonds is 15. The van der Waals surface area contributed by atoms with Gasteiger partial charge in [-0.2, -0.15) is 15.3 Å². The molecule has 0 bridgehead atoms. The van der Waals surface area contributed by atoms with Crippen LogP contribution in [0.1, 0.15) is 202 Å². The molecule has 758 valence electrons. The summed E-state index contributed by atoms with van der Waals surface area (Å²) in [6.45, 7) is 46.0. The molecule has 31 nitrogen and oxygen atoms in total. The molecule has 4 N–H and O–H groups in total. The molecule has 6 atom stereocenters. The van der Waals surface area contributed by atoms with Gasteiger partial charge in [0.2, 0.25) is 23.6 Å². The molecular formula is C110H113F6N23O8. The molecule has 3 fully saturated rings. The fourth-order valence-corrected chi connectivity index (χ4v) is 22.7. The van der Waals surface area contributed by atoms with Crippen LogP contribution >= 0.6 is 0 Å². The van der Waals surface area contributed by atoms with Crippen molar-refractivity contribution in [3.8, 4) is 50.4 Å². The Balaban J connectivity index is 0.000000139. The normalized spacial score (nSPS) is 17.7. The highest BCUT2D eigenvalue weighted by Crippen LogP contribution is 2.52. The lowest BCUT2D eigenvalue weighted by molar-refractivity contribution is -0.132. The number of hydrogen-bond donors (Lipinski definition) is 4. The van der Waals surface area contributed by atoms with Crippen LogP contribution < -0.4 is 41.6 Å². The van der Waals surface area contributed by atoms with Crippen molar-refractivity contribution in [2.45, 2.75) is 209 Å². The molecule has 6 unspecified atom stereocenters. The number of halogens is 6. The summed E-state index contributed by atoms with van der Waals surface area (Å²) in [4.78, 5) is 150. The average Bonchev–Trinajstić information content (AvgIpc) is 1.08. The van der Waals surface area contributed by atoms with Crippen LogP contribution in [0.4, 0.5) is 54.8 Å². The van der Waals surface area contributed by atoms with E-state index in [0.29, 0.717) is 154 Å². The van der Waals surface area contributed by atoms with E-state index in [1.165, 1.54) is 98.4 Å². The fraction of sp³-hybridized carbons (Fsp3) is 0.355. The Morgan fingerprint density at radius 2 is 0.714 bits per heavy atom. The Morgan fingerprint density at radius 1 is 0.388 bits per heavy atom. The SMILES string of the molecule is C=CC(=O)N1CC2C(=O)N(C)c3c(c4cc(F)c(-c5c(C)ccc6[nH]ncc56)c(F)c4n(-c4c(C(C)C)ncnc4C(C)C)c3=O)N2CC1C.C=CC(=O)N1CC2C(=O)Nc3c(c4cc(F)c(-c5c(C)ccc6[nH]ncc56)c(F)c4n(-c4c(C(C)C)ncnc4C(C)C)c3=O)N2CC1C.C=CC(=O)N1CC2CCc3c(c4cc(F)c(-c5c(C)ccc6[nH]ncc56)c(F)c4n(-c4c(C(C)C)ncnc4C(C)C)c3=O)N2CC1C. The van der Waals surface area contributed by atoms with Gasteiger partial charge < -0.3 is 39.6 Å². The van der Waals surface area contributed by atoms with E-state index in [1.807, 2.05) is 110 Å². The van der Waals surface area contributed by atoms with Crippen LogP contribution in [0.25, 0.3) is 116 Å². The second-order valence-electron chi connectivity index (χ2n) is 40.9. The number of amides is 5. The van der Waals surface area contributed by atoms with E-state index in [4.69, 9.17) is 0 Å². The highest BCUT2D eigenvalue weighted by Gasteiger charge is 2.50. The minimum atomic E-state index is -0.957. The molecule has 6 aliphatic rings. The second kappa shape index (κ2) is 38.0. The number of nitrogens with zero attached hydrogens (tertiary/aromatic N) is 19. The van der Waals surface area contributed by atoms with E-state index < -0.39 is 82.0 Å². The Kier molecular flexibility index (Phi) is 25.8. The summed E-state index contributed by atoms with van der Waals surface area (Å²) in [5.41, 5.74) is 7.21. The van der Waals surface area contributed by atoms with Gasteiger partial charge in [0.25, 0.3) is 22.6 Å². The van der Waals surface area contributed by atoms with Gasteiger partial charge >= 0.3 is 0 Å². The van der Waals surface area contributed by atoms with Crippen LogP contribution in [0.3, 0.4) is 0 Å². The number of likely N-dealkylation sites (N-methyl/N-ethyl adjacent to an activating group) is 1. The number of aryl methyl sites for hydroxylation is 3. The molecule has 37 heteroatoms. The molecule has 6 aromatic carbocycles. The third-order valence-corrected chi connectivity index (χ3v) is 29.7. The maximum absolute atomic E-state index is 17.8. The lowest BCUT2D eigenvalue weighted by Gasteiger charge is -2.50. The smallest absolute Gasteiger partial charge is 0.281 e. The van der Waals surface area contributed by atoms with Gasteiger partial charge in [-0.3, -0.25) is 67.4 Å². The molecule has 0 radical (unpaired) electrons. The zero-order valence-corrected chi connectivity index (χ0v) is 85.1. The molecule has 15 aromatic rings. The third-order valence-electron chi connectivity index (χ3n) is 29.7. The number of pyridine rings is 3. The van der Waals surface area contributed by atoms with E-state index >= 15 is 35.9 Å². The number of carbonyl (C=O) groups excluding carboxylic acids is 5. The number of piperazine rings is 3. The lowest BCUT2D eigenvalue weighted by Crippen LogP contribution is -2.66.